The molecule has 0 aliphatic rings. The Morgan fingerprint density at radius 1 is 0.592 bits per heavy atom. The van der Waals surface area contributed by atoms with Crippen LogP contribution < -0.4 is 9.30 Å². The fourth-order valence-electron chi connectivity index (χ4n) is 6.63. The highest BCUT2D eigenvalue weighted by molar-refractivity contribution is 6.09. The normalized spacial score (nSPS) is 12.3. The molecular formula is C44H40N4O. The van der Waals surface area contributed by atoms with E-state index in [1.165, 1.54) is 16.5 Å². The monoisotopic (exact) mass is 640 g/mol. The van der Waals surface area contributed by atoms with Crippen LogP contribution in [0.15, 0.2) is 134 Å². The summed E-state index contributed by atoms with van der Waals surface area (Å²) in [5, 5.41) is 2.35. The topological polar surface area (TPSA) is 35.9 Å². The first-order valence-corrected chi connectivity index (χ1v) is 16.9. The summed E-state index contributed by atoms with van der Waals surface area (Å²) in [5.74, 6) is 2.44. The minimum absolute atomic E-state index is 0.00331. The molecule has 0 atom stereocenters. The third kappa shape index (κ3) is 5.55. The second-order valence-electron chi connectivity index (χ2n) is 14.8. The fraction of sp³-hybridized carbons (Fsp3) is 0.182. The van der Waals surface area contributed by atoms with E-state index >= 15 is 0 Å². The minimum atomic E-state index is -0.105. The zero-order valence-electron chi connectivity index (χ0n) is 28.9. The lowest BCUT2D eigenvalue weighted by molar-refractivity contribution is -0.572. The Balaban J connectivity index is 1.27. The number of nitrogens with zero attached hydrogens (tertiary/aromatic N) is 4. The minimum Gasteiger partial charge on any atom is -0.458 e. The number of benzene rings is 5. The van der Waals surface area contributed by atoms with Crippen molar-refractivity contribution in [3.05, 3.63) is 151 Å². The molecule has 0 amide bonds. The number of imidazole rings is 1. The van der Waals surface area contributed by atoms with Gasteiger partial charge < -0.3 is 4.74 Å². The summed E-state index contributed by atoms with van der Waals surface area (Å²) in [6.45, 7) is 13.4. The van der Waals surface area contributed by atoms with Gasteiger partial charge in [0, 0.05) is 23.0 Å². The number of para-hydroxylation sites is 4. The lowest BCUT2D eigenvalue weighted by Crippen LogP contribution is -2.29. The standard InChI is InChI=1S/C44H40N4O/c1-43(2,3)30-22-23-45-42(26-30)48-38-17-11-10-16-36(38)37-21-20-34(28-41(37)48)49-35-25-31(44(4,5)6)24-33(27-35)47-29-46(32-14-8-7-9-15-32)39-18-12-13-19-40(39)47/h7-28H,1-6H3. The highest BCUT2D eigenvalue weighted by Gasteiger charge is 2.21. The molecule has 0 fully saturated rings. The van der Waals surface area contributed by atoms with E-state index in [2.05, 4.69) is 183 Å². The van der Waals surface area contributed by atoms with Crippen molar-refractivity contribution in [2.75, 3.05) is 0 Å². The SMILES string of the molecule is CC(C)(C)c1cc(Oc2ccc3c4ccccc4n(-c4cc(C(C)(C)C)ccn4)c3c2)cc(-n2[c-][n+](-c3ccccc3)c3ccccc32)c1. The number of pyridine rings is 1. The molecule has 0 N–H and O–H groups in total. The van der Waals surface area contributed by atoms with Crippen LogP contribution in [0.5, 0.6) is 11.5 Å². The van der Waals surface area contributed by atoms with Crippen LogP contribution in [0.4, 0.5) is 0 Å². The molecule has 5 heteroatoms. The lowest BCUT2D eigenvalue weighted by atomic mass is 9.86. The zero-order valence-corrected chi connectivity index (χ0v) is 28.9. The molecule has 0 bridgehead atoms. The van der Waals surface area contributed by atoms with Crippen LogP contribution in [0.3, 0.4) is 0 Å². The highest BCUT2D eigenvalue weighted by atomic mass is 16.5. The third-order valence-corrected chi connectivity index (χ3v) is 9.31. The van der Waals surface area contributed by atoms with E-state index in [0.29, 0.717) is 0 Å². The Hall–Kier alpha value is -5.68. The summed E-state index contributed by atoms with van der Waals surface area (Å²) in [4.78, 5) is 4.86. The summed E-state index contributed by atoms with van der Waals surface area (Å²) >= 11 is 0. The molecule has 5 nitrogen and oxygen atoms in total. The molecule has 0 aliphatic carbocycles. The van der Waals surface area contributed by atoms with E-state index in [0.717, 1.165) is 56.1 Å². The first-order chi connectivity index (χ1) is 23.5. The lowest BCUT2D eigenvalue weighted by Gasteiger charge is -2.22. The molecule has 0 saturated carbocycles. The van der Waals surface area contributed by atoms with E-state index in [9.17, 15) is 0 Å². The molecule has 242 valence electrons. The smallest absolute Gasteiger partial charge is 0.269 e. The molecular weight excluding hydrogens is 601 g/mol. The van der Waals surface area contributed by atoms with Gasteiger partial charge in [-0.2, -0.15) is 0 Å². The molecule has 3 aromatic heterocycles. The molecule has 3 heterocycles. The maximum Gasteiger partial charge on any atom is 0.269 e. The Morgan fingerprint density at radius 3 is 2.06 bits per heavy atom. The van der Waals surface area contributed by atoms with Crippen LogP contribution in [0.1, 0.15) is 52.7 Å². The molecule has 5 aromatic carbocycles. The van der Waals surface area contributed by atoms with Gasteiger partial charge in [-0.15, -0.1) is 0 Å². The van der Waals surface area contributed by atoms with Crippen LogP contribution in [0.25, 0.3) is 50.0 Å². The quantitative estimate of drug-likeness (QED) is 0.139. The van der Waals surface area contributed by atoms with E-state index in [1.54, 1.807) is 0 Å². The van der Waals surface area contributed by atoms with Crippen molar-refractivity contribution in [1.82, 2.24) is 14.1 Å². The van der Waals surface area contributed by atoms with Crippen LogP contribution in [-0.2, 0) is 10.8 Å². The first kappa shape index (κ1) is 30.6. The predicted octanol–water partition coefficient (Wildman–Crippen LogP) is 10.6. The van der Waals surface area contributed by atoms with Crippen molar-refractivity contribution in [2.45, 2.75) is 52.4 Å². The maximum absolute atomic E-state index is 6.79. The highest BCUT2D eigenvalue weighted by Crippen LogP contribution is 2.37. The molecule has 8 aromatic rings. The number of fused-ring (bicyclic) bond motifs is 4. The summed E-state index contributed by atoms with van der Waals surface area (Å²) < 4.78 is 13.3. The van der Waals surface area contributed by atoms with Gasteiger partial charge in [-0.05, 0) is 82.6 Å². The Kier molecular flexibility index (Phi) is 7.18. The van der Waals surface area contributed by atoms with E-state index in [1.807, 2.05) is 12.3 Å². The van der Waals surface area contributed by atoms with Crippen molar-refractivity contribution >= 4 is 32.8 Å². The predicted molar refractivity (Wildman–Crippen MR) is 200 cm³/mol. The molecule has 0 saturated heterocycles. The van der Waals surface area contributed by atoms with Crippen LogP contribution >= 0.6 is 0 Å². The van der Waals surface area contributed by atoms with Gasteiger partial charge in [-0.3, -0.25) is 13.7 Å². The molecule has 0 spiro atoms. The van der Waals surface area contributed by atoms with Crippen LogP contribution in [0, 0.1) is 6.33 Å². The van der Waals surface area contributed by atoms with Gasteiger partial charge in [0.05, 0.1) is 33.4 Å². The number of rotatable bonds is 5. The number of hydrogen-bond acceptors (Lipinski definition) is 2. The van der Waals surface area contributed by atoms with Crippen molar-refractivity contribution < 1.29 is 9.30 Å². The largest absolute Gasteiger partial charge is 0.458 e. The summed E-state index contributed by atoms with van der Waals surface area (Å²) in [7, 11) is 0. The molecule has 0 radical (unpaired) electrons. The van der Waals surface area contributed by atoms with Gasteiger partial charge in [-0.1, -0.05) is 102 Å². The van der Waals surface area contributed by atoms with Gasteiger partial charge in [0.1, 0.15) is 17.3 Å². The summed E-state index contributed by atoms with van der Waals surface area (Å²) in [6, 6.07) is 44.6. The maximum atomic E-state index is 6.79. The van der Waals surface area contributed by atoms with Crippen molar-refractivity contribution in [2.24, 2.45) is 0 Å². The third-order valence-electron chi connectivity index (χ3n) is 9.31. The Morgan fingerprint density at radius 2 is 1.29 bits per heavy atom. The zero-order chi connectivity index (χ0) is 33.9. The summed E-state index contributed by atoms with van der Waals surface area (Å²) in [6.07, 6.45) is 5.56. The van der Waals surface area contributed by atoms with E-state index < -0.39 is 0 Å². The second kappa shape index (κ2) is 11.5. The van der Waals surface area contributed by atoms with Crippen LogP contribution in [0.2, 0.25) is 0 Å². The number of aromatic nitrogens is 4. The average Bonchev–Trinajstić information content (AvgIpc) is 3.64. The number of hydrogen-bond donors (Lipinski definition) is 0. The van der Waals surface area contributed by atoms with Crippen molar-refractivity contribution in [1.29, 1.82) is 0 Å². The molecule has 0 unspecified atom stereocenters. The fourth-order valence-corrected chi connectivity index (χ4v) is 6.63. The molecule has 0 aliphatic heterocycles. The van der Waals surface area contributed by atoms with Crippen molar-refractivity contribution in [3.8, 4) is 28.7 Å². The van der Waals surface area contributed by atoms with Gasteiger partial charge >= 0.3 is 0 Å². The van der Waals surface area contributed by atoms with Gasteiger partial charge in [0.2, 0.25) is 0 Å². The van der Waals surface area contributed by atoms with Gasteiger partial charge in [0.25, 0.3) is 6.33 Å². The summed E-state index contributed by atoms with van der Waals surface area (Å²) in [5.41, 5.74) is 8.69. The average molecular weight is 641 g/mol. The van der Waals surface area contributed by atoms with Gasteiger partial charge in [-0.25, -0.2) is 4.98 Å². The molecule has 8 rings (SSSR count). The van der Waals surface area contributed by atoms with Gasteiger partial charge in [0.15, 0.2) is 0 Å². The second-order valence-corrected chi connectivity index (χ2v) is 14.8. The number of ether oxygens (including phenoxy) is 1. The van der Waals surface area contributed by atoms with Crippen LogP contribution in [-0.4, -0.2) is 14.1 Å². The first-order valence-electron chi connectivity index (χ1n) is 16.9. The van der Waals surface area contributed by atoms with E-state index in [-0.39, 0.29) is 10.8 Å². The Bertz CT molecular complexity index is 2490. The van der Waals surface area contributed by atoms with Crippen molar-refractivity contribution in [3.63, 3.8) is 0 Å². The molecule has 49 heavy (non-hydrogen) atoms. The Labute approximate surface area is 287 Å². The van der Waals surface area contributed by atoms with E-state index in [4.69, 9.17) is 9.72 Å².